The van der Waals surface area contributed by atoms with Crippen LogP contribution in [0.1, 0.15) is 22.3 Å². The summed E-state index contributed by atoms with van der Waals surface area (Å²) in [6.45, 7) is 0. The van der Waals surface area contributed by atoms with E-state index in [1.165, 1.54) is 11.8 Å². The van der Waals surface area contributed by atoms with Crippen LogP contribution >= 0.6 is 27.7 Å². The van der Waals surface area contributed by atoms with Gasteiger partial charge in [0.15, 0.2) is 11.0 Å². The molecular weight excluding hydrogens is 430 g/mol. The van der Waals surface area contributed by atoms with Gasteiger partial charge in [0, 0.05) is 16.5 Å². The van der Waals surface area contributed by atoms with Gasteiger partial charge in [-0.05, 0) is 42.0 Å². The lowest BCUT2D eigenvalue weighted by Gasteiger charge is -2.04. The Labute approximate surface area is 169 Å². The molecule has 0 saturated carbocycles. The number of benzene rings is 2. The molecule has 2 aromatic carbocycles. The van der Waals surface area contributed by atoms with Crippen molar-refractivity contribution in [3.63, 3.8) is 0 Å². The Morgan fingerprint density at radius 3 is 2.59 bits per heavy atom. The molecule has 2 aromatic rings. The normalized spacial score (nSPS) is 18.1. The topological polar surface area (TPSA) is 80.1 Å². The molecule has 1 aliphatic rings. The summed E-state index contributed by atoms with van der Waals surface area (Å²) in [6, 6.07) is 14.4. The van der Waals surface area contributed by atoms with Gasteiger partial charge in [0.25, 0.3) is 0 Å². The van der Waals surface area contributed by atoms with Crippen LogP contribution in [0.25, 0.3) is 0 Å². The molecule has 8 heteroatoms. The van der Waals surface area contributed by atoms with Crippen LogP contribution in [0.4, 0.5) is 0 Å². The number of carbonyl (C=O) groups is 2. The Morgan fingerprint density at radius 1 is 1.22 bits per heavy atom. The van der Waals surface area contributed by atoms with Gasteiger partial charge in [-0.3, -0.25) is 9.59 Å². The molecule has 1 N–H and O–H groups in total. The highest BCUT2D eigenvalue weighted by Crippen LogP contribution is 2.24. The Morgan fingerprint density at radius 2 is 1.93 bits per heavy atom. The fraction of sp³-hybridized carbons (Fsp3) is 0.158. The molecule has 0 radical (unpaired) electrons. The smallest absolute Gasteiger partial charge is 0.240 e. The van der Waals surface area contributed by atoms with Crippen molar-refractivity contribution < 1.29 is 14.3 Å². The molecular formula is C19H16BrN3O3S. The maximum atomic E-state index is 12.3. The van der Waals surface area contributed by atoms with E-state index in [1.54, 1.807) is 37.6 Å². The second-order valence-electron chi connectivity index (χ2n) is 5.65. The third-order valence-corrected chi connectivity index (χ3v) is 5.39. The molecule has 0 bridgehead atoms. The molecule has 3 rings (SSSR count). The lowest BCUT2D eigenvalue weighted by molar-refractivity contribution is -0.118. The molecule has 0 spiro atoms. The number of nitrogens with one attached hydrogen (secondary N) is 1. The number of methoxy groups -OCH3 is 1. The molecule has 0 aliphatic carbocycles. The number of ketones is 1. The van der Waals surface area contributed by atoms with E-state index in [0.717, 1.165) is 15.8 Å². The molecule has 1 fully saturated rings. The largest absolute Gasteiger partial charge is 0.497 e. The van der Waals surface area contributed by atoms with Crippen LogP contribution < -0.4 is 10.1 Å². The van der Waals surface area contributed by atoms with Crippen molar-refractivity contribution in [1.82, 2.24) is 5.32 Å². The molecule has 1 unspecified atom stereocenters. The fourth-order valence-electron chi connectivity index (χ4n) is 2.35. The van der Waals surface area contributed by atoms with E-state index in [0.29, 0.717) is 10.7 Å². The van der Waals surface area contributed by atoms with Gasteiger partial charge >= 0.3 is 0 Å². The van der Waals surface area contributed by atoms with E-state index in [-0.39, 0.29) is 18.1 Å². The van der Waals surface area contributed by atoms with Crippen molar-refractivity contribution in [2.24, 2.45) is 10.2 Å². The van der Waals surface area contributed by atoms with Gasteiger partial charge in [-0.1, -0.05) is 39.8 Å². The number of hydrogen-bond acceptors (Lipinski definition) is 6. The number of amides is 1. The second kappa shape index (κ2) is 8.96. The summed E-state index contributed by atoms with van der Waals surface area (Å²) in [5.74, 6) is 0.442. The second-order valence-corrected chi connectivity index (χ2v) is 7.76. The Kier molecular flexibility index (Phi) is 6.41. The molecule has 138 valence electrons. The molecule has 1 aliphatic heterocycles. The summed E-state index contributed by atoms with van der Waals surface area (Å²) >= 11 is 4.54. The minimum atomic E-state index is -0.504. The SMILES string of the molecule is COc1ccc(/C=N/N=C2\NC(=O)C(CC(=O)c3ccc(Br)cc3)S2)cc1. The minimum absolute atomic E-state index is 0.0851. The lowest BCUT2D eigenvalue weighted by atomic mass is 10.1. The van der Waals surface area contributed by atoms with Gasteiger partial charge in [-0.2, -0.15) is 5.10 Å². The zero-order chi connectivity index (χ0) is 19.2. The first-order chi connectivity index (χ1) is 13.0. The maximum absolute atomic E-state index is 12.3. The first kappa shape index (κ1) is 19.3. The van der Waals surface area contributed by atoms with Crippen molar-refractivity contribution in [1.29, 1.82) is 0 Å². The average molecular weight is 446 g/mol. The van der Waals surface area contributed by atoms with Crippen LogP contribution in [-0.2, 0) is 4.79 Å². The molecule has 6 nitrogen and oxygen atoms in total. The number of ether oxygens (including phenoxy) is 1. The van der Waals surface area contributed by atoms with Gasteiger partial charge in [0.2, 0.25) is 5.91 Å². The fourth-order valence-corrected chi connectivity index (χ4v) is 3.53. The summed E-state index contributed by atoms with van der Waals surface area (Å²) < 4.78 is 5.99. The van der Waals surface area contributed by atoms with Gasteiger partial charge in [0.05, 0.1) is 18.6 Å². The zero-order valence-electron chi connectivity index (χ0n) is 14.4. The molecule has 27 heavy (non-hydrogen) atoms. The van der Waals surface area contributed by atoms with Gasteiger partial charge in [0.1, 0.15) is 5.75 Å². The molecule has 1 heterocycles. The lowest BCUT2D eigenvalue weighted by Crippen LogP contribution is -2.26. The van der Waals surface area contributed by atoms with E-state index in [9.17, 15) is 9.59 Å². The van der Waals surface area contributed by atoms with Crippen LogP contribution in [0, 0.1) is 0 Å². The standard InChI is InChI=1S/C19H16BrN3O3S/c1-26-15-8-2-12(3-9-15)11-21-23-19-22-18(25)17(27-19)10-16(24)13-4-6-14(20)7-5-13/h2-9,11,17H,10H2,1H3,(H,22,23,25)/b21-11+. The third kappa shape index (κ3) is 5.27. The molecule has 1 amide bonds. The van der Waals surface area contributed by atoms with Crippen molar-refractivity contribution in [2.75, 3.05) is 7.11 Å². The molecule has 0 aromatic heterocycles. The number of thioether (sulfide) groups is 1. The minimum Gasteiger partial charge on any atom is -0.497 e. The third-order valence-electron chi connectivity index (χ3n) is 3.78. The van der Waals surface area contributed by atoms with E-state index in [1.807, 2.05) is 24.3 Å². The van der Waals surface area contributed by atoms with Crippen LogP contribution in [0.2, 0.25) is 0 Å². The van der Waals surface area contributed by atoms with Crippen LogP contribution in [0.5, 0.6) is 5.75 Å². The summed E-state index contributed by atoms with van der Waals surface area (Å²) in [7, 11) is 1.60. The summed E-state index contributed by atoms with van der Waals surface area (Å²) in [6.07, 6.45) is 1.69. The van der Waals surface area contributed by atoms with Crippen LogP contribution in [0.3, 0.4) is 0 Å². The van der Waals surface area contributed by atoms with E-state index in [4.69, 9.17) is 4.74 Å². The predicted molar refractivity (Wildman–Crippen MR) is 111 cm³/mol. The first-order valence-corrected chi connectivity index (χ1v) is 9.74. The van der Waals surface area contributed by atoms with Crippen molar-refractivity contribution in [3.05, 3.63) is 64.1 Å². The zero-order valence-corrected chi connectivity index (χ0v) is 16.8. The molecule has 1 atom stereocenters. The van der Waals surface area contributed by atoms with Gasteiger partial charge in [-0.25, -0.2) is 0 Å². The molecule has 1 saturated heterocycles. The number of nitrogens with zero attached hydrogens (tertiary/aromatic N) is 2. The highest BCUT2D eigenvalue weighted by molar-refractivity contribution is 9.10. The summed E-state index contributed by atoms with van der Waals surface area (Å²) in [5.41, 5.74) is 1.44. The first-order valence-electron chi connectivity index (χ1n) is 8.06. The number of Topliss-reactive ketones (excluding diaryl/α,β-unsaturated/α-hetero) is 1. The Balaban J connectivity index is 1.59. The number of hydrogen-bond donors (Lipinski definition) is 1. The van der Waals surface area contributed by atoms with E-state index in [2.05, 4.69) is 31.4 Å². The number of halogens is 1. The highest BCUT2D eigenvalue weighted by atomic mass is 79.9. The Hall–Kier alpha value is -2.45. The van der Waals surface area contributed by atoms with Gasteiger partial charge < -0.3 is 10.1 Å². The maximum Gasteiger partial charge on any atom is 0.240 e. The summed E-state index contributed by atoms with van der Waals surface area (Å²) in [5, 5.41) is 10.6. The monoisotopic (exact) mass is 445 g/mol. The number of rotatable bonds is 6. The Bertz CT molecular complexity index is 895. The van der Waals surface area contributed by atoms with Crippen LogP contribution in [-0.4, -0.2) is 35.4 Å². The van der Waals surface area contributed by atoms with Gasteiger partial charge in [-0.15, -0.1) is 5.10 Å². The quantitative estimate of drug-likeness (QED) is 0.417. The van der Waals surface area contributed by atoms with E-state index < -0.39 is 5.25 Å². The summed E-state index contributed by atoms with van der Waals surface area (Å²) in [4.78, 5) is 24.4. The predicted octanol–water partition coefficient (Wildman–Crippen LogP) is 3.65. The average Bonchev–Trinajstić information content (AvgIpc) is 3.02. The highest BCUT2D eigenvalue weighted by Gasteiger charge is 2.32. The van der Waals surface area contributed by atoms with Crippen molar-refractivity contribution in [3.8, 4) is 5.75 Å². The van der Waals surface area contributed by atoms with Crippen molar-refractivity contribution >= 4 is 50.8 Å². The number of carbonyl (C=O) groups excluding carboxylic acids is 2. The van der Waals surface area contributed by atoms with Crippen molar-refractivity contribution in [2.45, 2.75) is 11.7 Å². The van der Waals surface area contributed by atoms with E-state index >= 15 is 0 Å². The van der Waals surface area contributed by atoms with Crippen LogP contribution in [0.15, 0.2) is 63.2 Å². The number of amidine groups is 1.